The maximum absolute atomic E-state index is 13.9. The molecule has 3 nitrogen and oxygen atoms in total. The summed E-state index contributed by atoms with van der Waals surface area (Å²) < 4.78 is 27.3. The van der Waals surface area contributed by atoms with Gasteiger partial charge in [-0.3, -0.25) is 9.69 Å². The summed E-state index contributed by atoms with van der Waals surface area (Å²) in [5.41, 5.74) is 0.724. The van der Waals surface area contributed by atoms with Crippen molar-refractivity contribution >= 4 is 46.2 Å². The molecule has 2 aromatic carbocycles. The van der Waals surface area contributed by atoms with Crippen LogP contribution in [0, 0.1) is 11.6 Å². The largest absolute Gasteiger partial charge is 0.283 e. The van der Waals surface area contributed by atoms with E-state index in [0.717, 1.165) is 0 Å². The molecule has 0 N–H and O–H groups in total. The van der Waals surface area contributed by atoms with E-state index in [1.807, 2.05) is 0 Å². The fourth-order valence-corrected chi connectivity index (χ4v) is 3.24. The van der Waals surface area contributed by atoms with Crippen molar-refractivity contribution in [1.82, 2.24) is 0 Å². The number of thioether (sulfide) groups is 1. The van der Waals surface area contributed by atoms with Crippen LogP contribution in [0.4, 0.5) is 14.5 Å². The van der Waals surface area contributed by atoms with E-state index < -0.39 is 17.5 Å². The molecular weight excluding hydrogens is 378 g/mol. The van der Waals surface area contributed by atoms with Crippen molar-refractivity contribution in [1.29, 1.82) is 0 Å². The van der Waals surface area contributed by atoms with Crippen molar-refractivity contribution in [2.24, 2.45) is 4.99 Å². The lowest BCUT2D eigenvalue weighted by Gasteiger charge is -2.17. The average molecular weight is 391 g/mol. The number of amidine groups is 1. The molecule has 7 heteroatoms. The molecule has 1 heterocycles. The molecule has 0 atom stereocenters. The van der Waals surface area contributed by atoms with Gasteiger partial charge in [0.15, 0.2) is 5.17 Å². The fraction of sp³-hybridized carbons (Fsp3) is 0.0526. The zero-order valence-corrected chi connectivity index (χ0v) is 15.0. The van der Waals surface area contributed by atoms with Gasteiger partial charge < -0.3 is 0 Å². The number of carbonyl (C=O) groups excluding carboxylic acids is 1. The predicted octanol–water partition coefficient (Wildman–Crippen LogP) is 5.28. The Bertz CT molecular complexity index is 943. The Morgan fingerprint density at radius 3 is 2.65 bits per heavy atom. The Balaban J connectivity index is 2.03. The first kappa shape index (κ1) is 18.4. The normalized spacial score (nSPS) is 15.5. The van der Waals surface area contributed by atoms with Crippen molar-refractivity contribution in [2.75, 3.05) is 10.7 Å². The SMILES string of the molecule is C=CCSC1=NC(=Cc2ccccc2F)C(=O)N1c1ccc(F)c(Cl)c1. The van der Waals surface area contributed by atoms with E-state index in [2.05, 4.69) is 11.6 Å². The molecule has 132 valence electrons. The number of aliphatic imine (C=N–C) groups is 1. The Morgan fingerprint density at radius 1 is 1.19 bits per heavy atom. The fourth-order valence-electron chi connectivity index (χ4n) is 2.32. The van der Waals surface area contributed by atoms with E-state index in [0.29, 0.717) is 16.6 Å². The number of hydrogen-bond donors (Lipinski definition) is 0. The van der Waals surface area contributed by atoms with Gasteiger partial charge in [-0.05, 0) is 30.3 Å². The highest BCUT2D eigenvalue weighted by Crippen LogP contribution is 2.31. The van der Waals surface area contributed by atoms with Crippen LogP contribution < -0.4 is 4.90 Å². The van der Waals surface area contributed by atoms with Crippen LogP contribution in [-0.2, 0) is 4.79 Å². The molecule has 3 rings (SSSR count). The molecule has 26 heavy (non-hydrogen) atoms. The second kappa shape index (κ2) is 7.85. The molecule has 0 aromatic heterocycles. The molecule has 0 saturated carbocycles. The van der Waals surface area contributed by atoms with Gasteiger partial charge in [0.05, 0.1) is 10.7 Å². The van der Waals surface area contributed by atoms with Gasteiger partial charge >= 0.3 is 0 Å². The van der Waals surface area contributed by atoms with Crippen LogP contribution in [0.1, 0.15) is 5.56 Å². The molecule has 0 radical (unpaired) electrons. The lowest BCUT2D eigenvalue weighted by Crippen LogP contribution is -2.30. The smallest absolute Gasteiger partial charge is 0.266 e. The van der Waals surface area contributed by atoms with Crippen LogP contribution in [0.25, 0.3) is 6.08 Å². The van der Waals surface area contributed by atoms with E-state index in [9.17, 15) is 13.6 Å². The summed E-state index contributed by atoms with van der Waals surface area (Å²) in [6.45, 7) is 3.65. The van der Waals surface area contributed by atoms with Gasteiger partial charge in [-0.1, -0.05) is 47.6 Å². The molecule has 0 bridgehead atoms. The van der Waals surface area contributed by atoms with Crippen molar-refractivity contribution in [2.45, 2.75) is 0 Å². The van der Waals surface area contributed by atoms with Gasteiger partial charge in [0.2, 0.25) is 0 Å². The van der Waals surface area contributed by atoms with Crippen LogP contribution in [0.15, 0.2) is 65.8 Å². The highest BCUT2D eigenvalue weighted by Gasteiger charge is 2.32. The topological polar surface area (TPSA) is 32.7 Å². The quantitative estimate of drug-likeness (QED) is 0.525. The highest BCUT2D eigenvalue weighted by molar-refractivity contribution is 8.14. The number of anilines is 1. The van der Waals surface area contributed by atoms with Crippen LogP contribution in [0.2, 0.25) is 5.02 Å². The molecule has 0 unspecified atom stereocenters. The number of rotatable bonds is 4. The van der Waals surface area contributed by atoms with Gasteiger partial charge in [-0.15, -0.1) is 6.58 Å². The molecule has 1 aliphatic heterocycles. The minimum absolute atomic E-state index is 0.0853. The maximum Gasteiger partial charge on any atom is 0.283 e. The zero-order valence-electron chi connectivity index (χ0n) is 13.5. The third kappa shape index (κ3) is 3.71. The average Bonchev–Trinajstić information content (AvgIpc) is 2.93. The molecule has 0 saturated heterocycles. The summed E-state index contributed by atoms with van der Waals surface area (Å²) in [5, 5.41) is 0.287. The molecule has 2 aromatic rings. The summed E-state index contributed by atoms with van der Waals surface area (Å²) in [6, 6.07) is 10.1. The van der Waals surface area contributed by atoms with Gasteiger partial charge in [0.25, 0.3) is 5.91 Å². The molecule has 0 aliphatic carbocycles. The number of amides is 1. The number of halogens is 3. The summed E-state index contributed by atoms with van der Waals surface area (Å²) in [7, 11) is 0. The first-order valence-electron chi connectivity index (χ1n) is 7.59. The van der Waals surface area contributed by atoms with E-state index in [1.165, 1.54) is 47.0 Å². The van der Waals surface area contributed by atoms with Gasteiger partial charge in [-0.2, -0.15) is 0 Å². The lowest BCUT2D eigenvalue weighted by molar-refractivity contribution is -0.113. The van der Waals surface area contributed by atoms with Crippen molar-refractivity contribution < 1.29 is 13.6 Å². The van der Waals surface area contributed by atoms with E-state index in [-0.39, 0.29) is 16.3 Å². The van der Waals surface area contributed by atoms with Crippen LogP contribution in [0.3, 0.4) is 0 Å². The Labute approximate surface area is 158 Å². The third-order valence-electron chi connectivity index (χ3n) is 3.52. The zero-order chi connectivity index (χ0) is 18.7. The lowest BCUT2D eigenvalue weighted by atomic mass is 10.1. The number of hydrogen-bond acceptors (Lipinski definition) is 3. The van der Waals surface area contributed by atoms with Gasteiger partial charge in [0.1, 0.15) is 17.3 Å². The number of benzene rings is 2. The van der Waals surface area contributed by atoms with Gasteiger partial charge in [-0.25, -0.2) is 13.8 Å². The van der Waals surface area contributed by atoms with E-state index in [4.69, 9.17) is 11.6 Å². The standard InChI is InChI=1S/C19H13ClF2N2OS/c1-2-9-26-19-23-17(10-12-5-3-4-6-15(12)21)18(25)24(19)13-7-8-16(22)14(20)11-13/h2-8,10-11H,1,9H2. The summed E-state index contributed by atoms with van der Waals surface area (Å²) in [6.07, 6.45) is 3.06. The second-order valence-corrected chi connectivity index (χ2v) is 6.68. The number of carbonyl (C=O) groups is 1. The monoisotopic (exact) mass is 390 g/mol. The van der Waals surface area contributed by atoms with Crippen LogP contribution in [-0.4, -0.2) is 16.8 Å². The van der Waals surface area contributed by atoms with Crippen molar-refractivity contribution in [3.05, 3.63) is 83.0 Å². The molecule has 1 amide bonds. The van der Waals surface area contributed by atoms with Crippen molar-refractivity contribution in [3.63, 3.8) is 0 Å². The van der Waals surface area contributed by atoms with Crippen LogP contribution >= 0.6 is 23.4 Å². The Morgan fingerprint density at radius 2 is 1.96 bits per heavy atom. The highest BCUT2D eigenvalue weighted by atomic mass is 35.5. The minimum Gasteiger partial charge on any atom is -0.266 e. The summed E-state index contributed by atoms with van der Waals surface area (Å²) in [5.74, 6) is -0.958. The summed E-state index contributed by atoms with van der Waals surface area (Å²) in [4.78, 5) is 18.5. The molecule has 0 spiro atoms. The first-order chi connectivity index (χ1) is 12.5. The molecular formula is C19H13ClF2N2OS. The molecule has 0 fully saturated rings. The minimum atomic E-state index is -0.582. The first-order valence-corrected chi connectivity index (χ1v) is 8.95. The molecule has 1 aliphatic rings. The predicted molar refractivity (Wildman–Crippen MR) is 103 cm³/mol. The Hall–Kier alpha value is -2.44. The Kier molecular flexibility index (Phi) is 5.54. The number of nitrogens with zero attached hydrogens (tertiary/aromatic N) is 2. The van der Waals surface area contributed by atoms with Crippen molar-refractivity contribution in [3.8, 4) is 0 Å². The van der Waals surface area contributed by atoms with Gasteiger partial charge in [0, 0.05) is 11.3 Å². The second-order valence-electron chi connectivity index (χ2n) is 5.28. The van der Waals surface area contributed by atoms with Crippen LogP contribution in [0.5, 0.6) is 0 Å². The van der Waals surface area contributed by atoms with E-state index >= 15 is 0 Å². The third-order valence-corrected chi connectivity index (χ3v) is 4.74. The summed E-state index contributed by atoms with van der Waals surface area (Å²) >= 11 is 7.12. The van der Waals surface area contributed by atoms with E-state index in [1.54, 1.807) is 24.3 Å². The maximum atomic E-state index is 13.9.